The topological polar surface area (TPSA) is 52.8 Å². The predicted octanol–water partition coefficient (Wildman–Crippen LogP) is 4.81. The standard InChI is InChI=1S/C13H8Cl3NO2/c14-8-1-7(13(19)12(18)5-8)6-17-11-3-9(15)2-10(16)4-11/h1-6,18-19H. The maximum absolute atomic E-state index is 9.66. The lowest BCUT2D eigenvalue weighted by molar-refractivity contribution is 0.403. The first-order valence-electron chi connectivity index (χ1n) is 5.17. The monoisotopic (exact) mass is 315 g/mol. The van der Waals surface area contributed by atoms with Gasteiger partial charge in [0, 0.05) is 32.9 Å². The Morgan fingerprint density at radius 3 is 2.05 bits per heavy atom. The number of phenolic OH excluding ortho intramolecular Hbond substituents is 2. The van der Waals surface area contributed by atoms with Crippen LogP contribution in [0.5, 0.6) is 11.5 Å². The molecule has 0 unspecified atom stereocenters. The Kier molecular flexibility index (Phi) is 4.20. The van der Waals surface area contributed by atoms with Gasteiger partial charge in [0.15, 0.2) is 11.5 Å². The molecule has 2 aromatic carbocycles. The molecule has 0 fully saturated rings. The SMILES string of the molecule is Oc1cc(Cl)cc(C=Nc2cc(Cl)cc(Cl)c2)c1O. The Hall–Kier alpha value is -1.42. The molecule has 0 aliphatic heterocycles. The number of halogens is 3. The molecule has 19 heavy (non-hydrogen) atoms. The van der Waals surface area contributed by atoms with Crippen molar-refractivity contribution < 1.29 is 10.2 Å². The molecule has 0 heterocycles. The van der Waals surface area contributed by atoms with Crippen LogP contribution in [0.1, 0.15) is 5.56 Å². The van der Waals surface area contributed by atoms with Gasteiger partial charge in [-0.05, 0) is 24.3 Å². The summed E-state index contributed by atoms with van der Waals surface area (Å²) in [7, 11) is 0. The third kappa shape index (κ3) is 3.53. The maximum atomic E-state index is 9.66. The molecule has 2 N–H and O–H groups in total. The van der Waals surface area contributed by atoms with Crippen molar-refractivity contribution in [3.63, 3.8) is 0 Å². The molecule has 0 radical (unpaired) electrons. The van der Waals surface area contributed by atoms with Gasteiger partial charge in [0.2, 0.25) is 0 Å². The van der Waals surface area contributed by atoms with E-state index in [9.17, 15) is 10.2 Å². The van der Waals surface area contributed by atoms with Crippen LogP contribution in [0.15, 0.2) is 35.3 Å². The fourth-order valence-corrected chi connectivity index (χ4v) is 2.20. The lowest BCUT2D eigenvalue weighted by Crippen LogP contribution is -1.83. The van der Waals surface area contributed by atoms with E-state index in [0.717, 1.165) is 0 Å². The molecule has 0 saturated carbocycles. The van der Waals surface area contributed by atoms with E-state index in [1.165, 1.54) is 18.3 Å². The zero-order valence-electron chi connectivity index (χ0n) is 9.44. The number of phenols is 2. The summed E-state index contributed by atoms with van der Waals surface area (Å²) in [6.45, 7) is 0. The van der Waals surface area contributed by atoms with Gasteiger partial charge in [-0.2, -0.15) is 0 Å². The zero-order chi connectivity index (χ0) is 14.0. The Balaban J connectivity index is 2.37. The molecular formula is C13H8Cl3NO2. The predicted molar refractivity (Wildman–Crippen MR) is 78.5 cm³/mol. The van der Waals surface area contributed by atoms with E-state index in [4.69, 9.17) is 34.8 Å². The summed E-state index contributed by atoms with van der Waals surface area (Å²) in [4.78, 5) is 4.12. The molecule has 2 aromatic rings. The van der Waals surface area contributed by atoms with Gasteiger partial charge in [-0.1, -0.05) is 34.8 Å². The lowest BCUT2D eigenvalue weighted by Gasteiger charge is -2.03. The van der Waals surface area contributed by atoms with Crippen LogP contribution < -0.4 is 0 Å². The van der Waals surface area contributed by atoms with Crippen LogP contribution in [-0.4, -0.2) is 16.4 Å². The Morgan fingerprint density at radius 1 is 0.842 bits per heavy atom. The Bertz CT molecular complexity index is 636. The smallest absolute Gasteiger partial charge is 0.166 e. The average molecular weight is 317 g/mol. The Labute approximate surface area is 124 Å². The number of hydrogen-bond acceptors (Lipinski definition) is 3. The van der Waals surface area contributed by atoms with E-state index in [-0.39, 0.29) is 11.5 Å². The van der Waals surface area contributed by atoms with E-state index in [2.05, 4.69) is 4.99 Å². The second kappa shape index (κ2) is 5.70. The summed E-state index contributed by atoms with van der Waals surface area (Å²) in [5.41, 5.74) is 0.817. The first-order valence-corrected chi connectivity index (χ1v) is 6.31. The third-order valence-corrected chi connectivity index (χ3v) is 2.94. The van der Waals surface area contributed by atoms with Crippen LogP contribution in [-0.2, 0) is 0 Å². The van der Waals surface area contributed by atoms with Gasteiger partial charge in [-0.15, -0.1) is 0 Å². The summed E-state index contributed by atoms with van der Waals surface area (Å²) in [5.74, 6) is -0.598. The highest BCUT2D eigenvalue weighted by atomic mass is 35.5. The first-order chi connectivity index (χ1) is 8.95. The average Bonchev–Trinajstić information content (AvgIpc) is 2.30. The van der Waals surface area contributed by atoms with E-state index in [1.54, 1.807) is 18.2 Å². The highest BCUT2D eigenvalue weighted by molar-refractivity contribution is 6.35. The molecular weight excluding hydrogens is 309 g/mol. The molecule has 0 aliphatic rings. The van der Waals surface area contributed by atoms with Gasteiger partial charge in [-0.25, -0.2) is 0 Å². The molecule has 0 amide bonds. The van der Waals surface area contributed by atoms with Crippen LogP contribution in [0.3, 0.4) is 0 Å². The number of benzene rings is 2. The highest BCUT2D eigenvalue weighted by Gasteiger charge is 2.06. The van der Waals surface area contributed by atoms with Crippen molar-refractivity contribution in [2.45, 2.75) is 0 Å². The molecule has 0 aromatic heterocycles. The summed E-state index contributed by atoms with van der Waals surface area (Å²) in [5, 5.41) is 20.3. The number of hydrogen-bond donors (Lipinski definition) is 2. The molecule has 98 valence electrons. The number of aromatic hydroxyl groups is 2. The second-order valence-corrected chi connectivity index (χ2v) is 5.06. The summed E-state index contributed by atoms with van der Waals surface area (Å²) in [6.07, 6.45) is 1.36. The number of nitrogens with zero attached hydrogens (tertiary/aromatic N) is 1. The molecule has 3 nitrogen and oxygen atoms in total. The lowest BCUT2D eigenvalue weighted by atomic mass is 10.2. The van der Waals surface area contributed by atoms with E-state index in [1.807, 2.05) is 0 Å². The van der Waals surface area contributed by atoms with E-state index < -0.39 is 0 Å². The third-order valence-electron chi connectivity index (χ3n) is 2.28. The largest absolute Gasteiger partial charge is 0.504 e. The molecule has 0 saturated heterocycles. The summed E-state index contributed by atoms with van der Waals surface area (Å²) >= 11 is 17.5. The maximum Gasteiger partial charge on any atom is 0.166 e. The van der Waals surface area contributed by atoms with Crippen molar-refractivity contribution in [3.05, 3.63) is 51.0 Å². The minimum Gasteiger partial charge on any atom is -0.504 e. The summed E-state index contributed by atoms with van der Waals surface area (Å²) in [6, 6.07) is 7.54. The van der Waals surface area contributed by atoms with Crippen molar-refractivity contribution >= 4 is 46.7 Å². The van der Waals surface area contributed by atoms with Crippen molar-refractivity contribution in [1.29, 1.82) is 0 Å². The molecule has 0 aliphatic carbocycles. The quantitative estimate of drug-likeness (QED) is 0.617. The highest BCUT2D eigenvalue weighted by Crippen LogP contribution is 2.32. The number of rotatable bonds is 2. The van der Waals surface area contributed by atoms with E-state index in [0.29, 0.717) is 26.3 Å². The molecule has 6 heteroatoms. The molecule has 2 rings (SSSR count). The molecule has 0 spiro atoms. The van der Waals surface area contributed by atoms with Crippen molar-refractivity contribution in [2.75, 3.05) is 0 Å². The normalized spacial score (nSPS) is 11.1. The van der Waals surface area contributed by atoms with Gasteiger partial charge in [0.1, 0.15) is 0 Å². The molecule has 0 bridgehead atoms. The van der Waals surface area contributed by atoms with Crippen LogP contribution in [0.2, 0.25) is 15.1 Å². The van der Waals surface area contributed by atoms with Crippen LogP contribution in [0.25, 0.3) is 0 Å². The van der Waals surface area contributed by atoms with Crippen LogP contribution >= 0.6 is 34.8 Å². The number of aliphatic imine (C=N–C) groups is 1. The van der Waals surface area contributed by atoms with Crippen molar-refractivity contribution in [3.8, 4) is 11.5 Å². The van der Waals surface area contributed by atoms with Gasteiger partial charge in [0.25, 0.3) is 0 Å². The Morgan fingerprint density at radius 2 is 1.42 bits per heavy atom. The first kappa shape index (κ1) is 14.0. The summed E-state index contributed by atoms with van der Waals surface area (Å²) < 4.78 is 0. The van der Waals surface area contributed by atoms with Crippen LogP contribution in [0, 0.1) is 0 Å². The van der Waals surface area contributed by atoms with Gasteiger partial charge >= 0.3 is 0 Å². The second-order valence-electron chi connectivity index (χ2n) is 3.75. The van der Waals surface area contributed by atoms with Gasteiger partial charge in [-0.3, -0.25) is 4.99 Å². The molecule has 0 atom stereocenters. The van der Waals surface area contributed by atoms with Crippen molar-refractivity contribution in [1.82, 2.24) is 0 Å². The van der Waals surface area contributed by atoms with E-state index >= 15 is 0 Å². The minimum absolute atomic E-state index is 0.290. The fourth-order valence-electron chi connectivity index (χ4n) is 1.46. The van der Waals surface area contributed by atoms with Gasteiger partial charge in [0.05, 0.1) is 5.69 Å². The van der Waals surface area contributed by atoms with Crippen molar-refractivity contribution in [2.24, 2.45) is 4.99 Å². The van der Waals surface area contributed by atoms with Crippen LogP contribution in [0.4, 0.5) is 5.69 Å². The minimum atomic E-state index is -0.307. The zero-order valence-corrected chi connectivity index (χ0v) is 11.7. The fraction of sp³-hybridized carbons (Fsp3) is 0. The van der Waals surface area contributed by atoms with Gasteiger partial charge < -0.3 is 10.2 Å².